The molecule has 1 amide bonds. The van der Waals surface area contributed by atoms with Crippen LogP contribution >= 0.6 is 12.4 Å². The highest BCUT2D eigenvalue weighted by Gasteiger charge is 2.29. The molecule has 1 aliphatic rings. The van der Waals surface area contributed by atoms with Crippen LogP contribution in [-0.4, -0.2) is 30.2 Å². The van der Waals surface area contributed by atoms with Gasteiger partial charge in [0.25, 0.3) is 5.91 Å². The van der Waals surface area contributed by atoms with E-state index in [0.717, 1.165) is 12.6 Å². The number of furan rings is 1. The summed E-state index contributed by atoms with van der Waals surface area (Å²) in [7, 11) is 0. The van der Waals surface area contributed by atoms with Gasteiger partial charge in [0.2, 0.25) is 5.76 Å². The van der Waals surface area contributed by atoms with Gasteiger partial charge in [0, 0.05) is 24.6 Å². The molecule has 1 aromatic carbocycles. The molecule has 1 aliphatic heterocycles. The second-order valence-electron chi connectivity index (χ2n) is 6.41. The Bertz CT molecular complexity index is 946. The number of benzene rings is 1. The first-order valence-electron chi connectivity index (χ1n) is 8.59. The minimum atomic E-state index is -0.893. The number of amides is 1. The van der Waals surface area contributed by atoms with Crippen molar-refractivity contribution in [2.45, 2.75) is 18.4 Å². The van der Waals surface area contributed by atoms with E-state index < -0.39 is 17.5 Å². The van der Waals surface area contributed by atoms with Crippen molar-refractivity contribution in [3.05, 3.63) is 65.6 Å². The second-order valence-corrected chi connectivity index (χ2v) is 6.41. The van der Waals surface area contributed by atoms with Crippen molar-refractivity contribution in [3.8, 4) is 11.5 Å². The maximum Gasteiger partial charge on any atom is 0.273 e. The van der Waals surface area contributed by atoms with Gasteiger partial charge in [-0.25, -0.2) is 8.78 Å². The number of piperidine rings is 1. The smallest absolute Gasteiger partial charge is 0.273 e. The first kappa shape index (κ1) is 20.0. The van der Waals surface area contributed by atoms with Gasteiger partial charge in [-0.3, -0.25) is 4.79 Å². The summed E-state index contributed by atoms with van der Waals surface area (Å²) in [5.74, 6) is -1.50. The highest BCUT2D eigenvalue weighted by Crippen LogP contribution is 2.27. The number of halogens is 3. The van der Waals surface area contributed by atoms with E-state index in [-0.39, 0.29) is 30.1 Å². The minimum absolute atomic E-state index is 0. The second kappa shape index (κ2) is 8.53. The van der Waals surface area contributed by atoms with Crippen LogP contribution in [0.1, 0.15) is 28.4 Å². The van der Waals surface area contributed by atoms with Crippen molar-refractivity contribution < 1.29 is 22.5 Å². The Balaban J connectivity index is 0.00000225. The lowest BCUT2D eigenvalue weighted by Crippen LogP contribution is -2.50. The molecule has 1 saturated heterocycles. The third kappa shape index (κ3) is 4.07. The number of hydrogen-bond donors (Lipinski definition) is 2. The zero-order valence-corrected chi connectivity index (χ0v) is 15.5. The zero-order chi connectivity index (χ0) is 18.8. The maximum absolute atomic E-state index is 13.6. The number of nitrogens with zero attached hydrogens (tertiary/aromatic N) is 1. The van der Waals surface area contributed by atoms with Crippen LogP contribution in [0.3, 0.4) is 0 Å². The van der Waals surface area contributed by atoms with E-state index in [9.17, 15) is 13.6 Å². The van der Waals surface area contributed by atoms with Crippen LogP contribution in [0.15, 0.2) is 51.6 Å². The summed E-state index contributed by atoms with van der Waals surface area (Å²) < 4.78 is 37.2. The molecule has 2 aromatic heterocycles. The number of carbonyl (C=O) groups excluding carboxylic acids is 1. The Morgan fingerprint density at radius 2 is 2.04 bits per heavy atom. The Hall–Kier alpha value is -2.71. The molecule has 9 heteroatoms. The van der Waals surface area contributed by atoms with E-state index >= 15 is 0 Å². The normalized spacial score (nSPS) is 19.1. The van der Waals surface area contributed by atoms with Gasteiger partial charge in [-0.1, -0.05) is 11.2 Å². The molecule has 28 heavy (non-hydrogen) atoms. The molecular formula is C19H18ClF2N3O3. The molecule has 3 heterocycles. The van der Waals surface area contributed by atoms with E-state index in [0.29, 0.717) is 30.0 Å². The Morgan fingerprint density at radius 3 is 2.79 bits per heavy atom. The van der Waals surface area contributed by atoms with Crippen LogP contribution in [0.5, 0.6) is 0 Å². The third-order valence-corrected chi connectivity index (χ3v) is 4.68. The van der Waals surface area contributed by atoms with Crippen LogP contribution in [0, 0.1) is 11.6 Å². The molecule has 6 nitrogen and oxygen atoms in total. The minimum Gasteiger partial charge on any atom is -0.461 e. The molecule has 1 fully saturated rings. The van der Waals surface area contributed by atoms with E-state index in [1.807, 2.05) is 0 Å². The largest absolute Gasteiger partial charge is 0.461 e. The maximum atomic E-state index is 13.6. The Kier molecular flexibility index (Phi) is 6.11. The van der Waals surface area contributed by atoms with Gasteiger partial charge in [-0.05, 0) is 42.8 Å². The quantitative estimate of drug-likeness (QED) is 0.689. The third-order valence-electron chi connectivity index (χ3n) is 4.68. The van der Waals surface area contributed by atoms with Crippen molar-refractivity contribution in [2.75, 3.05) is 13.1 Å². The number of carbonyl (C=O) groups is 1. The highest BCUT2D eigenvalue weighted by molar-refractivity contribution is 5.93. The summed E-state index contributed by atoms with van der Waals surface area (Å²) in [4.78, 5) is 12.6. The van der Waals surface area contributed by atoms with E-state index in [2.05, 4.69) is 15.8 Å². The van der Waals surface area contributed by atoms with Crippen molar-refractivity contribution in [3.63, 3.8) is 0 Å². The predicted octanol–water partition coefficient (Wildman–Crippen LogP) is 3.51. The number of hydrogen-bond acceptors (Lipinski definition) is 5. The standard InChI is InChI=1S/C19H17F2N3O3.ClH/c20-13-4-3-11(8-14(13)21)12-5-6-22-10-16(12)23-19(25)15-9-18(27-24-15)17-2-1-7-26-17;/h1-4,7-9,12,16,22H,5-6,10H2,(H,23,25);1H. The van der Waals surface area contributed by atoms with Crippen molar-refractivity contribution in [1.29, 1.82) is 0 Å². The van der Waals surface area contributed by atoms with E-state index in [1.165, 1.54) is 18.4 Å². The molecule has 148 valence electrons. The molecule has 2 N–H and O–H groups in total. The molecule has 2 atom stereocenters. The van der Waals surface area contributed by atoms with Crippen LogP contribution < -0.4 is 10.6 Å². The van der Waals surface area contributed by atoms with Crippen LogP contribution in [-0.2, 0) is 0 Å². The molecule has 0 spiro atoms. The lowest BCUT2D eigenvalue weighted by Gasteiger charge is -2.33. The van der Waals surface area contributed by atoms with Gasteiger partial charge in [-0.2, -0.15) is 0 Å². The fraction of sp³-hybridized carbons (Fsp3) is 0.263. The molecule has 4 rings (SSSR count). The number of rotatable bonds is 4. The van der Waals surface area contributed by atoms with Gasteiger partial charge in [0.15, 0.2) is 23.1 Å². The highest BCUT2D eigenvalue weighted by atomic mass is 35.5. The predicted molar refractivity (Wildman–Crippen MR) is 99.3 cm³/mol. The first-order chi connectivity index (χ1) is 13.1. The fourth-order valence-electron chi connectivity index (χ4n) is 3.31. The lowest BCUT2D eigenvalue weighted by molar-refractivity contribution is 0.0915. The summed E-state index contributed by atoms with van der Waals surface area (Å²) >= 11 is 0. The topological polar surface area (TPSA) is 80.3 Å². The van der Waals surface area contributed by atoms with Gasteiger partial charge in [0.1, 0.15) is 0 Å². The SMILES string of the molecule is Cl.O=C(NC1CNCCC1c1ccc(F)c(F)c1)c1cc(-c2ccco2)on1. The van der Waals surface area contributed by atoms with E-state index in [4.69, 9.17) is 8.94 Å². The molecule has 0 aliphatic carbocycles. The molecule has 0 saturated carbocycles. The first-order valence-corrected chi connectivity index (χ1v) is 8.59. The average molecular weight is 410 g/mol. The summed E-state index contributed by atoms with van der Waals surface area (Å²) in [5.41, 5.74) is 0.771. The van der Waals surface area contributed by atoms with Crippen LogP contribution in [0.4, 0.5) is 8.78 Å². The van der Waals surface area contributed by atoms with Crippen molar-refractivity contribution in [2.24, 2.45) is 0 Å². The lowest BCUT2D eigenvalue weighted by atomic mass is 9.86. The number of nitrogens with one attached hydrogen (secondary N) is 2. The van der Waals surface area contributed by atoms with E-state index in [1.54, 1.807) is 18.2 Å². The summed E-state index contributed by atoms with van der Waals surface area (Å²) in [5, 5.41) is 9.89. The molecular weight excluding hydrogens is 392 g/mol. The Labute approximate surface area is 165 Å². The zero-order valence-electron chi connectivity index (χ0n) is 14.7. The summed E-state index contributed by atoms with van der Waals surface area (Å²) in [6.07, 6.45) is 2.18. The van der Waals surface area contributed by atoms with Crippen LogP contribution in [0.25, 0.3) is 11.5 Å². The molecule has 3 aromatic rings. The summed E-state index contributed by atoms with van der Waals surface area (Å²) in [6, 6.07) is 8.47. The molecule has 0 radical (unpaired) electrons. The Morgan fingerprint density at radius 1 is 1.18 bits per heavy atom. The average Bonchev–Trinajstić information content (AvgIpc) is 3.36. The monoisotopic (exact) mass is 409 g/mol. The van der Waals surface area contributed by atoms with Gasteiger partial charge in [0.05, 0.1) is 6.26 Å². The van der Waals surface area contributed by atoms with Crippen LogP contribution in [0.2, 0.25) is 0 Å². The number of aromatic nitrogens is 1. The van der Waals surface area contributed by atoms with Crippen molar-refractivity contribution in [1.82, 2.24) is 15.8 Å². The fourth-order valence-corrected chi connectivity index (χ4v) is 3.31. The van der Waals surface area contributed by atoms with Gasteiger partial charge >= 0.3 is 0 Å². The summed E-state index contributed by atoms with van der Waals surface area (Å²) in [6.45, 7) is 1.24. The molecule has 2 unspecified atom stereocenters. The van der Waals surface area contributed by atoms with Gasteiger partial charge < -0.3 is 19.6 Å². The molecule has 0 bridgehead atoms. The van der Waals surface area contributed by atoms with Gasteiger partial charge in [-0.15, -0.1) is 12.4 Å². The van der Waals surface area contributed by atoms with Crippen molar-refractivity contribution >= 4 is 18.3 Å².